The first-order valence-corrected chi connectivity index (χ1v) is 11.8. The number of furan rings is 1. The lowest BCUT2D eigenvalue weighted by molar-refractivity contribution is -0.141. The maximum absolute atomic E-state index is 13.3. The Balaban J connectivity index is 2.11. The van der Waals surface area contributed by atoms with Crippen LogP contribution in [0, 0.1) is 0 Å². The van der Waals surface area contributed by atoms with E-state index in [1.165, 1.54) is 0 Å². The number of nitrogens with zero attached hydrogens (tertiary/aromatic N) is 2. The molecule has 8 nitrogen and oxygen atoms in total. The van der Waals surface area contributed by atoms with Gasteiger partial charge in [0.25, 0.3) is 0 Å². The third-order valence-electron chi connectivity index (χ3n) is 5.64. The van der Waals surface area contributed by atoms with Crippen molar-refractivity contribution in [2.75, 3.05) is 47.6 Å². The van der Waals surface area contributed by atoms with Crippen LogP contribution in [0.25, 0.3) is 0 Å². The molecule has 0 radical (unpaired) electrons. The molecule has 8 heteroatoms. The van der Waals surface area contributed by atoms with Crippen molar-refractivity contribution in [1.29, 1.82) is 0 Å². The van der Waals surface area contributed by atoms with Gasteiger partial charge in [0.05, 0.1) is 40.2 Å². The predicted molar refractivity (Wildman–Crippen MR) is 130 cm³/mol. The number of ether oxygens (including phenoxy) is 3. The van der Waals surface area contributed by atoms with Crippen LogP contribution in [0.5, 0.6) is 11.5 Å². The van der Waals surface area contributed by atoms with Crippen molar-refractivity contribution >= 4 is 11.8 Å². The van der Waals surface area contributed by atoms with Crippen molar-refractivity contribution in [3.05, 3.63) is 47.9 Å². The van der Waals surface area contributed by atoms with E-state index in [1.807, 2.05) is 24.3 Å². The fraction of sp³-hybridized carbons (Fsp3) is 0.538. The second-order valence-corrected chi connectivity index (χ2v) is 8.10. The van der Waals surface area contributed by atoms with Gasteiger partial charge in [-0.25, -0.2) is 0 Å². The quantitative estimate of drug-likeness (QED) is 0.343. The highest BCUT2D eigenvalue weighted by Crippen LogP contribution is 2.27. The third-order valence-corrected chi connectivity index (χ3v) is 5.64. The summed E-state index contributed by atoms with van der Waals surface area (Å²) in [6.45, 7) is 3.69. The zero-order chi connectivity index (χ0) is 24.8. The highest BCUT2D eigenvalue weighted by molar-refractivity contribution is 5.84. The summed E-state index contributed by atoms with van der Waals surface area (Å²) >= 11 is 0. The van der Waals surface area contributed by atoms with Gasteiger partial charge in [-0.05, 0) is 42.7 Å². The lowest BCUT2D eigenvalue weighted by atomic mass is 10.1. The maximum Gasteiger partial charge on any atom is 0.242 e. The summed E-state index contributed by atoms with van der Waals surface area (Å²) in [4.78, 5) is 29.4. The Morgan fingerprint density at radius 2 is 1.74 bits per heavy atom. The molecule has 0 bridgehead atoms. The number of hydrogen-bond donors (Lipinski definition) is 0. The molecule has 1 aromatic heterocycles. The lowest BCUT2D eigenvalue weighted by Crippen LogP contribution is -2.44. The zero-order valence-electron chi connectivity index (χ0n) is 20.9. The molecule has 0 fully saturated rings. The maximum atomic E-state index is 13.3. The van der Waals surface area contributed by atoms with Crippen molar-refractivity contribution in [3.8, 4) is 11.5 Å². The molecule has 2 aromatic rings. The molecule has 0 saturated heterocycles. The van der Waals surface area contributed by atoms with E-state index >= 15 is 0 Å². The number of carbonyl (C=O) groups excluding carboxylic acids is 2. The second-order valence-electron chi connectivity index (χ2n) is 8.10. The van der Waals surface area contributed by atoms with E-state index in [-0.39, 0.29) is 18.4 Å². The smallest absolute Gasteiger partial charge is 0.242 e. The number of hydrogen-bond acceptors (Lipinski definition) is 6. The Morgan fingerprint density at radius 3 is 2.38 bits per heavy atom. The van der Waals surface area contributed by atoms with E-state index in [4.69, 9.17) is 18.6 Å². The second kappa shape index (κ2) is 15.0. The van der Waals surface area contributed by atoms with Gasteiger partial charge < -0.3 is 28.4 Å². The van der Waals surface area contributed by atoms with Crippen LogP contribution in [0.15, 0.2) is 41.0 Å². The minimum atomic E-state index is -0.128. The monoisotopic (exact) mass is 474 g/mol. The summed E-state index contributed by atoms with van der Waals surface area (Å²) in [7, 11) is 4.79. The highest BCUT2D eigenvalue weighted by atomic mass is 16.5. The minimum Gasteiger partial charge on any atom is -0.493 e. The molecular weight excluding hydrogens is 436 g/mol. The first-order chi connectivity index (χ1) is 16.5. The molecule has 0 aliphatic heterocycles. The van der Waals surface area contributed by atoms with Crippen molar-refractivity contribution < 1.29 is 28.2 Å². The van der Waals surface area contributed by atoms with Gasteiger partial charge in [-0.1, -0.05) is 25.8 Å². The molecule has 0 aliphatic rings. The number of amides is 2. The Hall–Kier alpha value is -3.00. The molecular formula is C26H38N2O6. The molecule has 34 heavy (non-hydrogen) atoms. The normalized spacial score (nSPS) is 10.7. The number of unbranched alkanes of at least 4 members (excludes halogenated alkanes) is 2. The summed E-state index contributed by atoms with van der Waals surface area (Å²) in [5, 5.41) is 0. The molecule has 1 heterocycles. The molecule has 2 amide bonds. The van der Waals surface area contributed by atoms with Gasteiger partial charge in [-0.3, -0.25) is 9.59 Å². The summed E-state index contributed by atoms with van der Waals surface area (Å²) in [5.41, 5.74) is 1.02. The summed E-state index contributed by atoms with van der Waals surface area (Å²) in [6.07, 6.45) is 5.51. The number of rotatable bonds is 16. The molecule has 1 aromatic carbocycles. The van der Waals surface area contributed by atoms with Crippen LogP contribution in [0.3, 0.4) is 0 Å². The molecule has 0 spiro atoms. The van der Waals surface area contributed by atoms with Gasteiger partial charge in [0, 0.05) is 26.6 Å². The van der Waals surface area contributed by atoms with Gasteiger partial charge in [0.1, 0.15) is 5.76 Å². The lowest BCUT2D eigenvalue weighted by Gasteiger charge is -2.27. The van der Waals surface area contributed by atoms with Crippen molar-refractivity contribution in [2.24, 2.45) is 0 Å². The van der Waals surface area contributed by atoms with Gasteiger partial charge >= 0.3 is 0 Å². The standard InChI is InChI=1S/C26H38N2O6/c1-5-6-7-10-25(29)28(15-17-31-2)20-26(30)27(19-22-9-8-16-34-22)14-13-21-11-12-23(32-3)24(18-21)33-4/h8-9,11-12,16,18H,5-7,10,13-15,17,19-20H2,1-4H3. The van der Waals surface area contributed by atoms with E-state index in [9.17, 15) is 9.59 Å². The number of benzene rings is 1. The van der Waals surface area contributed by atoms with Crippen molar-refractivity contribution in [2.45, 2.75) is 45.6 Å². The van der Waals surface area contributed by atoms with Crippen LogP contribution in [0.4, 0.5) is 0 Å². The van der Waals surface area contributed by atoms with Gasteiger partial charge in [-0.2, -0.15) is 0 Å². The summed E-state index contributed by atoms with van der Waals surface area (Å²) < 4.78 is 21.4. The summed E-state index contributed by atoms with van der Waals surface area (Å²) in [5.74, 6) is 1.85. The van der Waals surface area contributed by atoms with Gasteiger partial charge in [-0.15, -0.1) is 0 Å². The predicted octanol–water partition coefficient (Wildman–Crippen LogP) is 3.92. The number of methoxy groups -OCH3 is 3. The van der Waals surface area contributed by atoms with Crippen LogP contribution < -0.4 is 9.47 Å². The molecule has 188 valence electrons. The van der Waals surface area contributed by atoms with Crippen molar-refractivity contribution in [1.82, 2.24) is 9.80 Å². The van der Waals surface area contributed by atoms with E-state index < -0.39 is 0 Å². The Morgan fingerprint density at radius 1 is 0.941 bits per heavy atom. The number of carbonyl (C=O) groups is 2. The fourth-order valence-electron chi connectivity index (χ4n) is 3.62. The Bertz CT molecular complexity index is 868. The van der Waals surface area contributed by atoms with E-state index in [0.717, 1.165) is 24.8 Å². The van der Waals surface area contributed by atoms with E-state index in [2.05, 4.69) is 6.92 Å². The van der Waals surface area contributed by atoms with Crippen LogP contribution in [0.2, 0.25) is 0 Å². The first kappa shape index (κ1) is 27.2. The van der Waals surface area contributed by atoms with Crippen LogP contribution in [0.1, 0.15) is 43.9 Å². The topological polar surface area (TPSA) is 81.5 Å². The minimum absolute atomic E-state index is 0.0148. The molecule has 0 N–H and O–H groups in total. The van der Waals surface area contributed by atoms with Crippen LogP contribution in [-0.4, -0.2) is 69.2 Å². The van der Waals surface area contributed by atoms with Gasteiger partial charge in [0.2, 0.25) is 11.8 Å². The SMILES string of the molecule is CCCCCC(=O)N(CCOC)CC(=O)N(CCc1ccc(OC)c(OC)c1)Cc1ccco1. The summed E-state index contributed by atoms with van der Waals surface area (Å²) in [6, 6.07) is 9.37. The molecule has 0 saturated carbocycles. The van der Waals surface area contributed by atoms with E-state index in [0.29, 0.717) is 56.3 Å². The first-order valence-electron chi connectivity index (χ1n) is 11.8. The Kier molecular flexibility index (Phi) is 12.0. The third kappa shape index (κ3) is 8.74. The average Bonchev–Trinajstić information content (AvgIpc) is 3.37. The average molecular weight is 475 g/mol. The van der Waals surface area contributed by atoms with Crippen LogP contribution in [-0.2, 0) is 27.3 Å². The molecule has 0 atom stereocenters. The zero-order valence-corrected chi connectivity index (χ0v) is 20.9. The van der Waals surface area contributed by atoms with Crippen molar-refractivity contribution in [3.63, 3.8) is 0 Å². The van der Waals surface area contributed by atoms with E-state index in [1.54, 1.807) is 43.5 Å². The molecule has 0 aliphatic carbocycles. The fourth-order valence-corrected chi connectivity index (χ4v) is 3.62. The molecule has 0 unspecified atom stereocenters. The van der Waals surface area contributed by atoms with Gasteiger partial charge in [0.15, 0.2) is 11.5 Å². The largest absolute Gasteiger partial charge is 0.493 e. The highest BCUT2D eigenvalue weighted by Gasteiger charge is 2.22. The Labute approximate surface area is 202 Å². The van der Waals surface area contributed by atoms with Crippen LogP contribution >= 0.6 is 0 Å². The molecule has 2 rings (SSSR count).